The Morgan fingerprint density at radius 1 is 1.00 bits per heavy atom. The quantitative estimate of drug-likeness (QED) is 0.845. The first-order valence-corrected chi connectivity index (χ1v) is 5.86. The van der Waals surface area contributed by atoms with Gasteiger partial charge in [-0.25, -0.2) is 0 Å². The number of hydrogen-bond acceptors (Lipinski definition) is 2. The average molecular weight is 226 g/mol. The van der Waals surface area contributed by atoms with Crippen LogP contribution in [0.2, 0.25) is 0 Å². The average Bonchev–Trinajstić information content (AvgIpc) is 2.39. The summed E-state index contributed by atoms with van der Waals surface area (Å²) in [5.41, 5.74) is 16.3. The third-order valence-electron chi connectivity index (χ3n) is 2.95. The number of hydrogen-bond donors (Lipinski definition) is 2. The van der Waals surface area contributed by atoms with Crippen molar-refractivity contribution in [3.05, 3.63) is 59.7 Å². The van der Waals surface area contributed by atoms with E-state index in [1.165, 1.54) is 16.7 Å². The van der Waals surface area contributed by atoms with Crippen LogP contribution in [-0.4, -0.2) is 0 Å². The van der Waals surface area contributed by atoms with Crippen molar-refractivity contribution in [1.82, 2.24) is 0 Å². The summed E-state index contributed by atoms with van der Waals surface area (Å²) < 4.78 is 0. The molecule has 0 radical (unpaired) electrons. The van der Waals surface area contributed by atoms with Crippen molar-refractivity contribution in [2.75, 3.05) is 0 Å². The SMILES string of the molecule is CC(N)c1ccccc1-c1ccc(CN)cc1. The van der Waals surface area contributed by atoms with Gasteiger partial charge in [0.1, 0.15) is 0 Å². The standard InChI is InChI=1S/C15H18N2/c1-11(17)14-4-2-3-5-15(14)13-8-6-12(10-16)7-9-13/h2-9,11H,10,16-17H2,1H3. The van der Waals surface area contributed by atoms with E-state index in [1.807, 2.05) is 19.1 Å². The summed E-state index contributed by atoms with van der Waals surface area (Å²) in [4.78, 5) is 0. The van der Waals surface area contributed by atoms with Crippen LogP contribution in [0.4, 0.5) is 0 Å². The van der Waals surface area contributed by atoms with Gasteiger partial charge in [-0.15, -0.1) is 0 Å². The first kappa shape index (κ1) is 11.8. The normalized spacial score (nSPS) is 12.4. The molecule has 2 aromatic carbocycles. The summed E-state index contributed by atoms with van der Waals surface area (Å²) in [6, 6.07) is 16.6. The van der Waals surface area contributed by atoms with Crippen LogP contribution < -0.4 is 11.5 Å². The molecule has 0 amide bonds. The Balaban J connectivity index is 2.45. The summed E-state index contributed by atoms with van der Waals surface area (Å²) in [5.74, 6) is 0. The third-order valence-corrected chi connectivity index (χ3v) is 2.95. The molecule has 88 valence electrons. The Labute approximate surface area is 102 Å². The van der Waals surface area contributed by atoms with Crippen molar-refractivity contribution >= 4 is 0 Å². The van der Waals surface area contributed by atoms with Gasteiger partial charge in [-0.3, -0.25) is 0 Å². The minimum absolute atomic E-state index is 0.0420. The maximum atomic E-state index is 5.99. The topological polar surface area (TPSA) is 52.0 Å². The van der Waals surface area contributed by atoms with Crippen LogP contribution in [0, 0.1) is 0 Å². The van der Waals surface area contributed by atoms with E-state index >= 15 is 0 Å². The van der Waals surface area contributed by atoms with Gasteiger partial charge in [0.2, 0.25) is 0 Å². The number of nitrogens with two attached hydrogens (primary N) is 2. The van der Waals surface area contributed by atoms with Crippen LogP contribution in [0.15, 0.2) is 48.5 Å². The molecule has 2 rings (SSSR count). The summed E-state index contributed by atoms with van der Waals surface area (Å²) in [6.45, 7) is 2.59. The van der Waals surface area contributed by atoms with Crippen molar-refractivity contribution in [2.45, 2.75) is 19.5 Å². The van der Waals surface area contributed by atoms with Gasteiger partial charge >= 0.3 is 0 Å². The molecule has 2 aromatic rings. The monoisotopic (exact) mass is 226 g/mol. The Morgan fingerprint density at radius 2 is 1.65 bits per heavy atom. The van der Waals surface area contributed by atoms with Crippen molar-refractivity contribution in [1.29, 1.82) is 0 Å². The lowest BCUT2D eigenvalue weighted by Crippen LogP contribution is -2.06. The van der Waals surface area contributed by atoms with E-state index in [0.717, 1.165) is 5.56 Å². The second-order valence-electron chi connectivity index (χ2n) is 4.28. The van der Waals surface area contributed by atoms with Crippen LogP contribution in [0.5, 0.6) is 0 Å². The van der Waals surface area contributed by atoms with Gasteiger partial charge in [-0.1, -0.05) is 48.5 Å². The van der Waals surface area contributed by atoms with Crippen LogP contribution in [0.1, 0.15) is 24.1 Å². The van der Waals surface area contributed by atoms with Gasteiger partial charge in [0, 0.05) is 12.6 Å². The van der Waals surface area contributed by atoms with Gasteiger partial charge in [-0.05, 0) is 29.2 Å². The largest absolute Gasteiger partial charge is 0.326 e. The second-order valence-corrected chi connectivity index (χ2v) is 4.28. The predicted octanol–water partition coefficient (Wildman–Crippen LogP) is 2.83. The zero-order valence-electron chi connectivity index (χ0n) is 10.1. The molecule has 17 heavy (non-hydrogen) atoms. The van der Waals surface area contributed by atoms with E-state index in [-0.39, 0.29) is 6.04 Å². The Bertz CT molecular complexity index is 487. The summed E-state index contributed by atoms with van der Waals surface area (Å²) in [5, 5.41) is 0. The molecule has 4 N–H and O–H groups in total. The molecule has 1 unspecified atom stereocenters. The Kier molecular flexibility index (Phi) is 3.57. The van der Waals surface area contributed by atoms with Gasteiger partial charge in [0.05, 0.1) is 0 Å². The van der Waals surface area contributed by atoms with Gasteiger partial charge in [0.25, 0.3) is 0 Å². The van der Waals surface area contributed by atoms with Crippen LogP contribution in [-0.2, 0) is 6.54 Å². The van der Waals surface area contributed by atoms with Crippen molar-refractivity contribution < 1.29 is 0 Å². The predicted molar refractivity (Wildman–Crippen MR) is 72.4 cm³/mol. The number of rotatable bonds is 3. The molecule has 2 nitrogen and oxygen atoms in total. The lowest BCUT2D eigenvalue weighted by molar-refractivity contribution is 0.820. The third kappa shape index (κ3) is 2.54. The highest BCUT2D eigenvalue weighted by Crippen LogP contribution is 2.27. The maximum absolute atomic E-state index is 5.99. The van der Waals surface area contributed by atoms with E-state index < -0.39 is 0 Å². The summed E-state index contributed by atoms with van der Waals surface area (Å²) in [7, 11) is 0. The molecule has 0 saturated carbocycles. The van der Waals surface area contributed by atoms with Crippen molar-refractivity contribution in [2.24, 2.45) is 11.5 Å². The fraction of sp³-hybridized carbons (Fsp3) is 0.200. The Morgan fingerprint density at radius 3 is 2.24 bits per heavy atom. The van der Waals surface area contributed by atoms with E-state index in [9.17, 15) is 0 Å². The van der Waals surface area contributed by atoms with Gasteiger partial charge < -0.3 is 11.5 Å². The molecule has 2 heteroatoms. The van der Waals surface area contributed by atoms with Gasteiger partial charge in [-0.2, -0.15) is 0 Å². The molecule has 0 heterocycles. The van der Waals surface area contributed by atoms with Crippen LogP contribution in [0.25, 0.3) is 11.1 Å². The molecule has 0 aromatic heterocycles. The highest BCUT2D eigenvalue weighted by molar-refractivity contribution is 5.68. The van der Waals surface area contributed by atoms with Gasteiger partial charge in [0.15, 0.2) is 0 Å². The first-order chi connectivity index (χ1) is 8.22. The minimum atomic E-state index is 0.0420. The van der Waals surface area contributed by atoms with Crippen molar-refractivity contribution in [3.8, 4) is 11.1 Å². The zero-order valence-corrected chi connectivity index (χ0v) is 10.1. The second kappa shape index (κ2) is 5.13. The molecule has 0 aliphatic carbocycles. The van der Waals surface area contributed by atoms with E-state index in [1.54, 1.807) is 0 Å². The van der Waals surface area contributed by atoms with Crippen LogP contribution in [0.3, 0.4) is 0 Å². The van der Waals surface area contributed by atoms with Crippen molar-refractivity contribution in [3.63, 3.8) is 0 Å². The Hall–Kier alpha value is -1.64. The lowest BCUT2D eigenvalue weighted by atomic mass is 9.95. The van der Waals surface area contributed by atoms with E-state index in [4.69, 9.17) is 11.5 Å². The number of benzene rings is 2. The molecule has 0 aliphatic rings. The molecule has 0 spiro atoms. The highest BCUT2D eigenvalue weighted by atomic mass is 14.6. The molecule has 0 bridgehead atoms. The van der Waals surface area contributed by atoms with Crippen LogP contribution >= 0.6 is 0 Å². The zero-order chi connectivity index (χ0) is 12.3. The fourth-order valence-corrected chi connectivity index (χ4v) is 1.98. The minimum Gasteiger partial charge on any atom is -0.326 e. The first-order valence-electron chi connectivity index (χ1n) is 5.86. The fourth-order valence-electron chi connectivity index (χ4n) is 1.98. The molecule has 0 saturated heterocycles. The molecular weight excluding hydrogens is 208 g/mol. The summed E-state index contributed by atoms with van der Waals surface area (Å²) >= 11 is 0. The molecule has 0 fully saturated rings. The molecule has 0 aliphatic heterocycles. The van der Waals surface area contributed by atoms with E-state index in [0.29, 0.717) is 6.54 Å². The maximum Gasteiger partial charge on any atom is 0.0272 e. The highest BCUT2D eigenvalue weighted by Gasteiger charge is 2.07. The summed E-state index contributed by atoms with van der Waals surface area (Å²) in [6.07, 6.45) is 0. The van der Waals surface area contributed by atoms with E-state index in [2.05, 4.69) is 36.4 Å². The molecular formula is C15H18N2. The lowest BCUT2D eigenvalue weighted by Gasteiger charge is -2.13. The smallest absolute Gasteiger partial charge is 0.0272 e. The molecule has 1 atom stereocenters.